The van der Waals surface area contributed by atoms with Crippen LogP contribution in [0, 0.1) is 5.82 Å². The molecule has 6 nitrogen and oxygen atoms in total. The highest BCUT2D eigenvalue weighted by atomic mass is 35.5. The first kappa shape index (κ1) is 19.8. The minimum atomic E-state index is -3.72. The third-order valence-electron chi connectivity index (χ3n) is 4.76. The molecule has 0 bridgehead atoms. The lowest BCUT2D eigenvalue weighted by Gasteiger charge is -2.27. The SMILES string of the molecule is COc1ccc(S(=O)(=O)N2CCc3nc(-c4ccc(F)cc4)ncc3C2)cc1Cl. The van der Waals surface area contributed by atoms with Crippen molar-refractivity contribution in [3.8, 4) is 17.1 Å². The normalized spacial score (nSPS) is 14.4. The Balaban J connectivity index is 1.60. The van der Waals surface area contributed by atoms with Crippen LogP contribution >= 0.6 is 11.6 Å². The van der Waals surface area contributed by atoms with Gasteiger partial charge in [-0.3, -0.25) is 0 Å². The van der Waals surface area contributed by atoms with Gasteiger partial charge in [0.1, 0.15) is 11.6 Å². The van der Waals surface area contributed by atoms with E-state index >= 15 is 0 Å². The number of hydrogen-bond acceptors (Lipinski definition) is 5. The second kappa shape index (κ2) is 7.70. The number of ether oxygens (including phenoxy) is 1. The van der Waals surface area contributed by atoms with Gasteiger partial charge < -0.3 is 4.74 Å². The van der Waals surface area contributed by atoms with Crippen LogP contribution < -0.4 is 4.74 Å². The molecule has 2 aromatic carbocycles. The minimum absolute atomic E-state index is 0.107. The monoisotopic (exact) mass is 433 g/mol. The second-order valence-electron chi connectivity index (χ2n) is 6.56. The van der Waals surface area contributed by atoms with E-state index in [2.05, 4.69) is 9.97 Å². The number of halogens is 2. The van der Waals surface area contributed by atoms with E-state index in [1.54, 1.807) is 18.3 Å². The molecule has 1 aromatic heterocycles. The summed E-state index contributed by atoms with van der Waals surface area (Å²) in [7, 11) is -2.25. The molecule has 0 atom stereocenters. The highest BCUT2D eigenvalue weighted by Gasteiger charge is 2.30. The first-order valence-corrected chi connectivity index (χ1v) is 10.6. The van der Waals surface area contributed by atoms with Gasteiger partial charge in [-0.2, -0.15) is 4.31 Å². The molecule has 150 valence electrons. The van der Waals surface area contributed by atoms with Gasteiger partial charge in [-0.25, -0.2) is 22.8 Å². The van der Waals surface area contributed by atoms with Gasteiger partial charge in [0.2, 0.25) is 10.0 Å². The largest absolute Gasteiger partial charge is 0.495 e. The summed E-state index contributed by atoms with van der Waals surface area (Å²) in [6.45, 7) is 0.462. The van der Waals surface area contributed by atoms with Crippen LogP contribution in [-0.2, 0) is 23.0 Å². The third-order valence-corrected chi connectivity index (χ3v) is 6.90. The van der Waals surface area contributed by atoms with Crippen LogP contribution in [0.5, 0.6) is 5.75 Å². The zero-order chi connectivity index (χ0) is 20.6. The van der Waals surface area contributed by atoms with Gasteiger partial charge in [0.05, 0.1) is 22.7 Å². The lowest BCUT2D eigenvalue weighted by Crippen LogP contribution is -2.36. The van der Waals surface area contributed by atoms with E-state index in [1.165, 1.54) is 41.7 Å². The van der Waals surface area contributed by atoms with Crippen molar-refractivity contribution in [3.63, 3.8) is 0 Å². The smallest absolute Gasteiger partial charge is 0.243 e. The summed E-state index contributed by atoms with van der Waals surface area (Å²) in [6, 6.07) is 10.3. The lowest BCUT2D eigenvalue weighted by atomic mass is 10.1. The van der Waals surface area contributed by atoms with E-state index in [-0.39, 0.29) is 22.3 Å². The molecule has 0 saturated carbocycles. The van der Waals surface area contributed by atoms with Gasteiger partial charge in [0.25, 0.3) is 0 Å². The standard InChI is InChI=1S/C20H17ClFN3O3S/c1-28-19-7-6-16(10-17(19)21)29(26,27)25-9-8-18-14(12-25)11-23-20(24-18)13-2-4-15(22)5-3-13/h2-7,10-11H,8-9,12H2,1H3. The molecule has 0 radical (unpaired) electrons. The minimum Gasteiger partial charge on any atom is -0.495 e. The van der Waals surface area contributed by atoms with Crippen LogP contribution in [0.1, 0.15) is 11.3 Å². The molecule has 9 heteroatoms. The molecule has 0 fully saturated rings. The summed E-state index contributed by atoms with van der Waals surface area (Å²) in [5.74, 6) is 0.574. The van der Waals surface area contributed by atoms with Crippen LogP contribution in [0.25, 0.3) is 11.4 Å². The Hall–Kier alpha value is -2.55. The predicted octanol–water partition coefficient (Wildman–Crippen LogP) is 3.69. The third kappa shape index (κ3) is 3.83. The molecule has 4 rings (SSSR count). The number of nitrogens with zero attached hydrogens (tertiary/aromatic N) is 3. The summed E-state index contributed by atoms with van der Waals surface area (Å²) in [4.78, 5) is 8.98. The number of rotatable bonds is 4. The van der Waals surface area contributed by atoms with Gasteiger partial charge in [-0.1, -0.05) is 11.6 Å². The molecular weight excluding hydrogens is 417 g/mol. The van der Waals surface area contributed by atoms with E-state index in [9.17, 15) is 12.8 Å². The Morgan fingerprint density at radius 2 is 1.93 bits per heavy atom. The Kier molecular flexibility index (Phi) is 5.24. The van der Waals surface area contributed by atoms with Crippen LogP contribution in [0.3, 0.4) is 0 Å². The lowest BCUT2D eigenvalue weighted by molar-refractivity contribution is 0.386. The van der Waals surface area contributed by atoms with Crippen molar-refractivity contribution in [1.82, 2.24) is 14.3 Å². The number of hydrogen-bond donors (Lipinski definition) is 0. The quantitative estimate of drug-likeness (QED) is 0.627. The Morgan fingerprint density at radius 3 is 2.62 bits per heavy atom. The Labute approximate surface area is 173 Å². The van der Waals surface area contributed by atoms with Gasteiger partial charge >= 0.3 is 0 Å². The number of benzene rings is 2. The predicted molar refractivity (Wildman–Crippen MR) is 107 cm³/mol. The average molecular weight is 434 g/mol. The molecule has 0 spiro atoms. The van der Waals surface area contributed by atoms with Gasteiger partial charge in [0, 0.05) is 36.8 Å². The zero-order valence-electron chi connectivity index (χ0n) is 15.5. The molecule has 2 heterocycles. The van der Waals surface area contributed by atoms with Crippen molar-refractivity contribution in [2.45, 2.75) is 17.9 Å². The molecule has 1 aliphatic rings. The molecule has 0 N–H and O–H groups in total. The Morgan fingerprint density at radius 1 is 1.17 bits per heavy atom. The zero-order valence-corrected chi connectivity index (χ0v) is 17.0. The first-order valence-electron chi connectivity index (χ1n) is 8.83. The summed E-state index contributed by atoms with van der Waals surface area (Å²) >= 11 is 6.09. The molecule has 0 aliphatic carbocycles. The van der Waals surface area contributed by atoms with Gasteiger partial charge in [-0.15, -0.1) is 0 Å². The number of methoxy groups -OCH3 is 1. The van der Waals surface area contributed by atoms with Crippen LogP contribution in [0.15, 0.2) is 53.6 Å². The highest BCUT2D eigenvalue weighted by Crippen LogP contribution is 2.30. The van der Waals surface area contributed by atoms with Crippen LogP contribution in [0.4, 0.5) is 4.39 Å². The molecule has 0 unspecified atom stereocenters. The van der Waals surface area contributed by atoms with E-state index in [1.807, 2.05) is 0 Å². The maximum atomic E-state index is 13.1. The van der Waals surface area contributed by atoms with E-state index in [4.69, 9.17) is 16.3 Å². The molecule has 3 aromatic rings. The van der Waals surface area contributed by atoms with Crippen molar-refractivity contribution in [3.05, 3.63) is 70.8 Å². The number of aromatic nitrogens is 2. The van der Waals surface area contributed by atoms with Gasteiger partial charge in [-0.05, 0) is 42.5 Å². The molecule has 1 aliphatic heterocycles. The first-order chi connectivity index (χ1) is 13.9. The van der Waals surface area contributed by atoms with Crippen molar-refractivity contribution < 1.29 is 17.5 Å². The van der Waals surface area contributed by atoms with Crippen molar-refractivity contribution in [1.29, 1.82) is 0 Å². The molecular formula is C20H17ClFN3O3S. The maximum Gasteiger partial charge on any atom is 0.243 e. The fraction of sp³-hybridized carbons (Fsp3) is 0.200. The van der Waals surface area contributed by atoms with Gasteiger partial charge in [0.15, 0.2) is 5.82 Å². The topological polar surface area (TPSA) is 72.4 Å². The maximum absolute atomic E-state index is 13.1. The fourth-order valence-electron chi connectivity index (χ4n) is 3.19. The van der Waals surface area contributed by atoms with Crippen molar-refractivity contribution in [2.75, 3.05) is 13.7 Å². The highest BCUT2D eigenvalue weighted by molar-refractivity contribution is 7.89. The van der Waals surface area contributed by atoms with Crippen molar-refractivity contribution >= 4 is 21.6 Å². The average Bonchev–Trinajstić information content (AvgIpc) is 2.73. The van der Waals surface area contributed by atoms with E-state index in [0.29, 0.717) is 30.1 Å². The molecule has 0 saturated heterocycles. The fourth-order valence-corrected chi connectivity index (χ4v) is 4.96. The van der Waals surface area contributed by atoms with Crippen molar-refractivity contribution in [2.24, 2.45) is 0 Å². The summed E-state index contributed by atoms with van der Waals surface area (Å²) in [6.07, 6.45) is 2.08. The van der Waals surface area contributed by atoms with E-state index in [0.717, 1.165) is 11.3 Å². The molecule has 0 amide bonds. The summed E-state index contributed by atoms with van der Waals surface area (Å²) in [5.41, 5.74) is 2.24. The summed E-state index contributed by atoms with van der Waals surface area (Å²) < 4.78 is 45.6. The second-order valence-corrected chi connectivity index (χ2v) is 8.90. The molecule has 29 heavy (non-hydrogen) atoms. The van der Waals surface area contributed by atoms with Crippen LogP contribution in [0.2, 0.25) is 5.02 Å². The summed E-state index contributed by atoms with van der Waals surface area (Å²) in [5, 5.41) is 0.234. The number of sulfonamides is 1. The van der Waals surface area contributed by atoms with E-state index < -0.39 is 10.0 Å². The number of fused-ring (bicyclic) bond motifs is 1. The Bertz CT molecular complexity index is 1170. The van der Waals surface area contributed by atoms with Crippen LogP contribution in [-0.4, -0.2) is 36.3 Å².